The number of benzene rings is 1. The molecule has 0 radical (unpaired) electrons. The van der Waals surface area contributed by atoms with E-state index in [0.29, 0.717) is 5.56 Å². The van der Waals surface area contributed by atoms with Crippen LogP contribution in [0.25, 0.3) is 0 Å². The normalized spacial score (nSPS) is 13.9. The summed E-state index contributed by atoms with van der Waals surface area (Å²) in [5.74, 6) is 0. The average Bonchev–Trinajstić information content (AvgIpc) is 2.17. The highest BCUT2D eigenvalue weighted by atomic mass is 19.4. The fourth-order valence-corrected chi connectivity index (χ4v) is 1.17. The Bertz CT molecular complexity index is 304. The minimum absolute atomic E-state index is 0.0502. The minimum Gasteiger partial charge on any atom is -0.328 e. The molecule has 1 unspecified atom stereocenters. The van der Waals surface area contributed by atoms with Gasteiger partial charge in [-0.25, -0.2) is 4.39 Å². The predicted octanol–water partition coefficient (Wildman–Crippen LogP) is 2.54. The van der Waals surface area contributed by atoms with Gasteiger partial charge in [-0.1, -0.05) is 12.1 Å². The molecule has 2 N–H and O–H groups in total. The van der Waals surface area contributed by atoms with Gasteiger partial charge in [0.05, 0.1) is 5.56 Å². The summed E-state index contributed by atoms with van der Waals surface area (Å²) in [6, 6.07) is 4.42. The second kappa shape index (κ2) is 4.61. The summed E-state index contributed by atoms with van der Waals surface area (Å²) >= 11 is 0. The zero-order valence-corrected chi connectivity index (χ0v) is 7.89. The first-order valence-corrected chi connectivity index (χ1v) is 4.43. The summed E-state index contributed by atoms with van der Waals surface area (Å²) < 4.78 is 49.3. The van der Waals surface area contributed by atoms with Crippen LogP contribution in [0.5, 0.6) is 0 Å². The highest BCUT2D eigenvalue weighted by Gasteiger charge is 2.29. The Balaban J connectivity index is 2.73. The van der Waals surface area contributed by atoms with Gasteiger partial charge in [-0.15, -0.1) is 0 Å². The van der Waals surface area contributed by atoms with Gasteiger partial charge in [0.1, 0.15) is 6.17 Å². The molecule has 0 fully saturated rings. The Labute approximate surface area is 84.9 Å². The molecule has 0 heterocycles. The molecule has 0 bridgehead atoms. The van der Waals surface area contributed by atoms with Gasteiger partial charge in [-0.3, -0.25) is 0 Å². The number of nitrogens with two attached hydrogens (primary N) is 1. The van der Waals surface area contributed by atoms with Gasteiger partial charge in [-0.2, -0.15) is 13.2 Å². The van der Waals surface area contributed by atoms with E-state index in [1.807, 2.05) is 0 Å². The third-order valence-corrected chi connectivity index (χ3v) is 1.99. The molecule has 84 valence electrons. The van der Waals surface area contributed by atoms with Crippen molar-refractivity contribution >= 4 is 0 Å². The van der Waals surface area contributed by atoms with E-state index < -0.39 is 17.9 Å². The van der Waals surface area contributed by atoms with Crippen molar-refractivity contribution in [3.8, 4) is 0 Å². The molecule has 5 heteroatoms. The standard InChI is InChI=1S/C10H11F4N/c11-9(6-15)5-7-1-3-8(4-2-7)10(12,13)14/h1-4,9H,5-6,15H2. The molecule has 15 heavy (non-hydrogen) atoms. The summed E-state index contributed by atoms with van der Waals surface area (Å²) in [5, 5.41) is 0. The van der Waals surface area contributed by atoms with Gasteiger partial charge in [0.2, 0.25) is 0 Å². The summed E-state index contributed by atoms with van der Waals surface area (Å²) in [6.45, 7) is -0.124. The molecule has 0 aliphatic rings. The van der Waals surface area contributed by atoms with E-state index in [1.54, 1.807) is 0 Å². The predicted molar refractivity (Wildman–Crippen MR) is 49.1 cm³/mol. The average molecular weight is 221 g/mol. The van der Waals surface area contributed by atoms with E-state index in [1.165, 1.54) is 12.1 Å². The van der Waals surface area contributed by atoms with Crippen LogP contribution in [0.3, 0.4) is 0 Å². The van der Waals surface area contributed by atoms with Crippen LogP contribution >= 0.6 is 0 Å². The molecular formula is C10H11F4N. The molecule has 1 nitrogen and oxygen atoms in total. The number of hydrogen-bond donors (Lipinski definition) is 1. The largest absolute Gasteiger partial charge is 0.416 e. The lowest BCUT2D eigenvalue weighted by molar-refractivity contribution is -0.137. The summed E-state index contributed by atoms with van der Waals surface area (Å²) in [5.41, 5.74) is 4.85. The number of halogens is 4. The number of hydrogen-bond acceptors (Lipinski definition) is 1. The van der Waals surface area contributed by atoms with Crippen LogP contribution in [0, 0.1) is 0 Å². The third-order valence-electron chi connectivity index (χ3n) is 1.99. The van der Waals surface area contributed by atoms with Crippen LogP contribution in [0.1, 0.15) is 11.1 Å². The molecule has 0 saturated heterocycles. The minimum atomic E-state index is -4.35. The fourth-order valence-electron chi connectivity index (χ4n) is 1.17. The van der Waals surface area contributed by atoms with Crippen LogP contribution < -0.4 is 5.73 Å². The lowest BCUT2D eigenvalue weighted by Crippen LogP contribution is -2.17. The highest BCUT2D eigenvalue weighted by molar-refractivity contribution is 5.25. The third kappa shape index (κ3) is 3.51. The molecule has 1 aromatic carbocycles. The molecule has 0 aliphatic carbocycles. The van der Waals surface area contributed by atoms with E-state index >= 15 is 0 Å². The van der Waals surface area contributed by atoms with Crippen molar-refractivity contribution < 1.29 is 17.6 Å². The summed E-state index contributed by atoms with van der Waals surface area (Å²) in [7, 11) is 0. The van der Waals surface area contributed by atoms with Crippen molar-refractivity contribution in [2.75, 3.05) is 6.54 Å². The fraction of sp³-hybridized carbons (Fsp3) is 0.400. The van der Waals surface area contributed by atoms with Crippen molar-refractivity contribution in [1.82, 2.24) is 0 Å². The Kier molecular flexibility index (Phi) is 3.68. The van der Waals surface area contributed by atoms with Crippen molar-refractivity contribution in [2.24, 2.45) is 5.73 Å². The van der Waals surface area contributed by atoms with Gasteiger partial charge < -0.3 is 5.73 Å². The van der Waals surface area contributed by atoms with Crippen LogP contribution in [-0.4, -0.2) is 12.7 Å². The Morgan fingerprint density at radius 2 is 1.67 bits per heavy atom. The highest BCUT2D eigenvalue weighted by Crippen LogP contribution is 2.29. The lowest BCUT2D eigenvalue weighted by Gasteiger charge is -2.08. The molecular weight excluding hydrogens is 210 g/mol. The quantitative estimate of drug-likeness (QED) is 0.780. The molecule has 0 aromatic heterocycles. The first-order valence-electron chi connectivity index (χ1n) is 4.43. The molecule has 1 aromatic rings. The van der Waals surface area contributed by atoms with Crippen LogP contribution in [0.15, 0.2) is 24.3 Å². The molecule has 1 atom stereocenters. The van der Waals surface area contributed by atoms with E-state index in [-0.39, 0.29) is 13.0 Å². The zero-order chi connectivity index (χ0) is 11.5. The van der Waals surface area contributed by atoms with Gasteiger partial charge >= 0.3 is 6.18 Å². The van der Waals surface area contributed by atoms with Gasteiger partial charge in [-0.05, 0) is 17.7 Å². The monoisotopic (exact) mass is 221 g/mol. The molecule has 0 saturated carbocycles. The van der Waals surface area contributed by atoms with E-state index in [0.717, 1.165) is 12.1 Å². The van der Waals surface area contributed by atoms with Crippen molar-refractivity contribution in [1.29, 1.82) is 0 Å². The van der Waals surface area contributed by atoms with Crippen LogP contribution in [-0.2, 0) is 12.6 Å². The first kappa shape index (κ1) is 12.0. The number of rotatable bonds is 3. The zero-order valence-electron chi connectivity index (χ0n) is 7.89. The second-order valence-electron chi connectivity index (χ2n) is 3.23. The maximum atomic E-state index is 12.8. The van der Waals surface area contributed by atoms with Crippen molar-refractivity contribution in [3.05, 3.63) is 35.4 Å². The van der Waals surface area contributed by atoms with Gasteiger partial charge in [0.25, 0.3) is 0 Å². The van der Waals surface area contributed by atoms with Crippen molar-refractivity contribution in [2.45, 2.75) is 18.8 Å². The smallest absolute Gasteiger partial charge is 0.328 e. The van der Waals surface area contributed by atoms with Gasteiger partial charge in [0, 0.05) is 13.0 Å². The molecule has 1 rings (SSSR count). The Morgan fingerprint density at radius 1 is 1.13 bits per heavy atom. The summed E-state index contributed by atoms with van der Waals surface area (Å²) in [6.07, 6.45) is -5.50. The lowest BCUT2D eigenvalue weighted by atomic mass is 10.1. The SMILES string of the molecule is NCC(F)Cc1ccc(C(F)(F)F)cc1. The van der Waals surface area contributed by atoms with Crippen LogP contribution in [0.4, 0.5) is 17.6 Å². The molecule has 0 amide bonds. The van der Waals surface area contributed by atoms with Crippen molar-refractivity contribution in [3.63, 3.8) is 0 Å². The van der Waals surface area contributed by atoms with E-state index in [4.69, 9.17) is 5.73 Å². The molecule has 0 spiro atoms. The summed E-state index contributed by atoms with van der Waals surface area (Å²) in [4.78, 5) is 0. The van der Waals surface area contributed by atoms with E-state index in [2.05, 4.69) is 0 Å². The maximum Gasteiger partial charge on any atom is 0.416 e. The van der Waals surface area contributed by atoms with Gasteiger partial charge in [0.15, 0.2) is 0 Å². The van der Waals surface area contributed by atoms with E-state index in [9.17, 15) is 17.6 Å². The Morgan fingerprint density at radius 3 is 2.07 bits per heavy atom. The Hall–Kier alpha value is -1.10. The first-order chi connectivity index (χ1) is 6.93. The number of alkyl halides is 4. The second-order valence-corrected chi connectivity index (χ2v) is 3.23. The van der Waals surface area contributed by atoms with Crippen LogP contribution in [0.2, 0.25) is 0 Å². The topological polar surface area (TPSA) is 26.0 Å². The molecule has 0 aliphatic heterocycles. The maximum absolute atomic E-state index is 12.8.